The highest BCUT2D eigenvalue weighted by Gasteiger charge is 2.32. The van der Waals surface area contributed by atoms with Crippen molar-refractivity contribution in [1.29, 1.82) is 0 Å². The molecule has 0 aromatic heterocycles. The lowest BCUT2D eigenvalue weighted by Crippen LogP contribution is -2.22. The maximum absolute atomic E-state index is 12.3. The zero-order chi connectivity index (χ0) is 11.8. The summed E-state index contributed by atoms with van der Waals surface area (Å²) in [6, 6.07) is 4.97. The van der Waals surface area contributed by atoms with Gasteiger partial charge in [-0.15, -0.1) is 0 Å². The number of aryl methyl sites for hydroxylation is 1. The minimum Gasteiger partial charge on any atom is -0.399 e. The van der Waals surface area contributed by atoms with Crippen LogP contribution in [0.4, 0.5) is 5.69 Å². The van der Waals surface area contributed by atoms with Crippen LogP contribution in [0.1, 0.15) is 12.0 Å². The van der Waals surface area contributed by atoms with Gasteiger partial charge in [0.05, 0.1) is 16.8 Å². The van der Waals surface area contributed by atoms with E-state index in [9.17, 15) is 8.42 Å². The first kappa shape index (κ1) is 11.4. The lowest BCUT2D eigenvalue weighted by molar-refractivity contribution is 0.198. The van der Waals surface area contributed by atoms with Gasteiger partial charge in [0.25, 0.3) is 0 Å². The van der Waals surface area contributed by atoms with Crippen molar-refractivity contribution >= 4 is 15.5 Å². The Morgan fingerprint density at radius 3 is 2.81 bits per heavy atom. The molecule has 0 spiro atoms. The van der Waals surface area contributed by atoms with Crippen LogP contribution in [-0.2, 0) is 14.6 Å². The summed E-state index contributed by atoms with van der Waals surface area (Å²) in [5.41, 5.74) is 6.84. The van der Waals surface area contributed by atoms with Gasteiger partial charge in [-0.25, -0.2) is 8.42 Å². The number of rotatable bonds is 2. The van der Waals surface area contributed by atoms with Gasteiger partial charge < -0.3 is 10.5 Å². The Balaban J connectivity index is 2.46. The second-order valence-corrected chi connectivity index (χ2v) is 6.25. The average Bonchev–Trinajstić information content (AvgIpc) is 2.75. The van der Waals surface area contributed by atoms with Gasteiger partial charge in [0.15, 0.2) is 9.84 Å². The number of hydrogen-bond donors (Lipinski definition) is 1. The first-order chi connectivity index (χ1) is 7.51. The molecular weight excluding hydrogens is 226 g/mol. The van der Waals surface area contributed by atoms with Crippen molar-refractivity contribution in [2.75, 3.05) is 18.9 Å². The molecule has 0 radical (unpaired) electrons. The quantitative estimate of drug-likeness (QED) is 0.788. The predicted octanol–water partition coefficient (Wildman–Crippen LogP) is 1.14. The molecular formula is C11H15NO3S. The minimum atomic E-state index is -3.30. The number of hydrogen-bond acceptors (Lipinski definition) is 4. The number of nitrogen functional groups attached to an aromatic ring is 1. The largest absolute Gasteiger partial charge is 0.399 e. The Morgan fingerprint density at radius 1 is 1.44 bits per heavy atom. The molecule has 1 aliphatic heterocycles. The van der Waals surface area contributed by atoms with E-state index in [1.165, 1.54) is 6.07 Å². The molecule has 1 atom stereocenters. The zero-order valence-corrected chi connectivity index (χ0v) is 9.96. The van der Waals surface area contributed by atoms with Crippen LogP contribution in [0, 0.1) is 6.92 Å². The molecule has 88 valence electrons. The van der Waals surface area contributed by atoms with Crippen molar-refractivity contribution in [3.63, 3.8) is 0 Å². The summed E-state index contributed by atoms with van der Waals surface area (Å²) in [4.78, 5) is 0.336. The number of benzene rings is 1. The van der Waals surface area contributed by atoms with E-state index in [1.807, 2.05) is 0 Å². The highest BCUT2D eigenvalue weighted by molar-refractivity contribution is 7.92. The van der Waals surface area contributed by atoms with Gasteiger partial charge in [-0.05, 0) is 31.0 Å². The second-order valence-electron chi connectivity index (χ2n) is 4.06. The second kappa shape index (κ2) is 4.07. The minimum absolute atomic E-state index is 0.288. The molecule has 1 aromatic carbocycles. The van der Waals surface area contributed by atoms with Crippen LogP contribution in [0.2, 0.25) is 0 Å². The van der Waals surface area contributed by atoms with Crippen LogP contribution in [0.15, 0.2) is 23.1 Å². The summed E-state index contributed by atoms with van der Waals surface area (Å²) < 4.78 is 29.7. The molecule has 2 N–H and O–H groups in total. The average molecular weight is 241 g/mol. The van der Waals surface area contributed by atoms with Gasteiger partial charge in [-0.1, -0.05) is 6.07 Å². The maximum Gasteiger partial charge on any atom is 0.183 e. The summed E-state index contributed by atoms with van der Waals surface area (Å²) in [6.45, 7) is 2.59. The van der Waals surface area contributed by atoms with Crippen LogP contribution in [-0.4, -0.2) is 26.9 Å². The van der Waals surface area contributed by atoms with Crippen LogP contribution >= 0.6 is 0 Å². The van der Waals surface area contributed by atoms with E-state index in [2.05, 4.69) is 0 Å². The Bertz CT molecular complexity index is 490. The first-order valence-corrected chi connectivity index (χ1v) is 6.74. The third-order valence-electron chi connectivity index (χ3n) is 2.85. The summed E-state index contributed by atoms with van der Waals surface area (Å²) in [5.74, 6) is 0. The van der Waals surface area contributed by atoms with Gasteiger partial charge in [0.2, 0.25) is 0 Å². The molecule has 1 saturated heterocycles. The zero-order valence-electron chi connectivity index (χ0n) is 9.14. The maximum atomic E-state index is 12.3. The van der Waals surface area contributed by atoms with Gasteiger partial charge in [0.1, 0.15) is 0 Å². The number of sulfone groups is 1. The van der Waals surface area contributed by atoms with Crippen LogP contribution in [0.5, 0.6) is 0 Å². The molecule has 1 aliphatic rings. The Labute approximate surface area is 95.3 Å². The fourth-order valence-corrected chi connectivity index (χ4v) is 3.72. The molecule has 16 heavy (non-hydrogen) atoms. The molecule has 0 aliphatic carbocycles. The Kier molecular flexibility index (Phi) is 2.90. The molecule has 2 rings (SSSR count). The van der Waals surface area contributed by atoms with Crippen LogP contribution < -0.4 is 5.73 Å². The molecule has 4 nitrogen and oxygen atoms in total. The lowest BCUT2D eigenvalue weighted by atomic mass is 10.2. The fourth-order valence-electron chi connectivity index (χ4n) is 1.86. The van der Waals surface area contributed by atoms with Crippen molar-refractivity contribution < 1.29 is 13.2 Å². The molecule has 0 amide bonds. The van der Waals surface area contributed by atoms with E-state index >= 15 is 0 Å². The van der Waals surface area contributed by atoms with Crippen molar-refractivity contribution in [3.8, 4) is 0 Å². The molecule has 1 fully saturated rings. The van der Waals surface area contributed by atoms with Crippen molar-refractivity contribution in [3.05, 3.63) is 23.8 Å². The Morgan fingerprint density at radius 2 is 2.19 bits per heavy atom. The van der Waals surface area contributed by atoms with Crippen LogP contribution in [0.25, 0.3) is 0 Å². The topological polar surface area (TPSA) is 69.4 Å². The number of anilines is 1. The van der Waals surface area contributed by atoms with Crippen LogP contribution in [0.3, 0.4) is 0 Å². The summed E-state index contributed by atoms with van der Waals surface area (Å²) in [5, 5.41) is -0.423. The molecule has 1 heterocycles. The summed E-state index contributed by atoms with van der Waals surface area (Å²) >= 11 is 0. The molecule has 1 unspecified atom stereocenters. The van der Waals surface area contributed by atoms with E-state index in [0.29, 0.717) is 23.6 Å². The third-order valence-corrected chi connectivity index (χ3v) is 5.15. The van der Waals surface area contributed by atoms with E-state index in [-0.39, 0.29) is 6.61 Å². The standard InChI is InChI=1S/C11H15NO3S/c1-8-2-3-9(12)6-11(8)16(13,14)10-4-5-15-7-10/h2-3,6,10H,4-5,7,12H2,1H3. The van der Waals surface area contributed by atoms with E-state index < -0.39 is 15.1 Å². The van der Waals surface area contributed by atoms with Crippen molar-refractivity contribution in [1.82, 2.24) is 0 Å². The summed E-state index contributed by atoms with van der Waals surface area (Å²) in [7, 11) is -3.30. The van der Waals surface area contributed by atoms with Gasteiger partial charge in [0, 0.05) is 12.3 Å². The fraction of sp³-hybridized carbons (Fsp3) is 0.455. The third kappa shape index (κ3) is 1.92. The number of ether oxygens (including phenoxy) is 1. The molecule has 1 aromatic rings. The smallest absolute Gasteiger partial charge is 0.183 e. The van der Waals surface area contributed by atoms with E-state index in [4.69, 9.17) is 10.5 Å². The van der Waals surface area contributed by atoms with Gasteiger partial charge in [-0.3, -0.25) is 0 Å². The van der Waals surface area contributed by atoms with Crippen molar-refractivity contribution in [2.24, 2.45) is 0 Å². The van der Waals surface area contributed by atoms with Gasteiger partial charge in [-0.2, -0.15) is 0 Å². The first-order valence-electron chi connectivity index (χ1n) is 5.19. The highest BCUT2D eigenvalue weighted by Crippen LogP contribution is 2.26. The SMILES string of the molecule is Cc1ccc(N)cc1S(=O)(=O)C1CCOC1. The monoisotopic (exact) mass is 241 g/mol. The normalized spacial score (nSPS) is 21.2. The lowest BCUT2D eigenvalue weighted by Gasteiger charge is -2.12. The summed E-state index contributed by atoms with van der Waals surface area (Å²) in [6.07, 6.45) is 0.566. The van der Waals surface area contributed by atoms with E-state index in [1.54, 1.807) is 19.1 Å². The van der Waals surface area contributed by atoms with Crippen molar-refractivity contribution in [2.45, 2.75) is 23.5 Å². The highest BCUT2D eigenvalue weighted by atomic mass is 32.2. The molecule has 0 saturated carbocycles. The molecule has 5 heteroatoms. The van der Waals surface area contributed by atoms with Gasteiger partial charge >= 0.3 is 0 Å². The van der Waals surface area contributed by atoms with E-state index in [0.717, 1.165) is 5.56 Å². The molecule has 0 bridgehead atoms. The number of nitrogens with two attached hydrogens (primary N) is 1. The predicted molar refractivity (Wildman–Crippen MR) is 62.0 cm³/mol. The Hall–Kier alpha value is -1.07.